The van der Waals surface area contributed by atoms with Gasteiger partial charge < -0.3 is 10.1 Å². The first-order valence-corrected chi connectivity index (χ1v) is 5.25. The van der Waals surface area contributed by atoms with Crippen molar-refractivity contribution < 1.29 is 9.66 Å². The zero-order chi connectivity index (χ0) is 11.5. The molecule has 16 heavy (non-hydrogen) atoms. The SMILES string of the molecule is COc1ccc(CNC2CC2)c([N+](=O)[O-])c1. The number of nitrogens with one attached hydrogen (secondary N) is 1. The topological polar surface area (TPSA) is 64.4 Å². The fourth-order valence-corrected chi connectivity index (χ4v) is 1.53. The van der Waals surface area contributed by atoms with Gasteiger partial charge >= 0.3 is 0 Å². The molecule has 1 fully saturated rings. The Labute approximate surface area is 93.6 Å². The number of nitro benzene ring substituents is 1. The average molecular weight is 222 g/mol. The van der Waals surface area contributed by atoms with Gasteiger partial charge in [0.25, 0.3) is 5.69 Å². The van der Waals surface area contributed by atoms with E-state index in [0.29, 0.717) is 23.9 Å². The Morgan fingerprint density at radius 3 is 2.88 bits per heavy atom. The number of nitrogens with zero attached hydrogens (tertiary/aromatic N) is 1. The zero-order valence-corrected chi connectivity index (χ0v) is 9.10. The van der Waals surface area contributed by atoms with Crippen molar-refractivity contribution >= 4 is 5.69 Å². The van der Waals surface area contributed by atoms with E-state index in [9.17, 15) is 10.1 Å². The third kappa shape index (κ3) is 2.49. The molecule has 1 aromatic rings. The molecule has 0 spiro atoms. The van der Waals surface area contributed by atoms with Gasteiger partial charge in [-0.25, -0.2) is 0 Å². The van der Waals surface area contributed by atoms with Crippen molar-refractivity contribution in [2.75, 3.05) is 7.11 Å². The molecule has 0 radical (unpaired) electrons. The second kappa shape index (κ2) is 4.49. The summed E-state index contributed by atoms with van der Waals surface area (Å²) in [7, 11) is 1.50. The number of rotatable bonds is 5. The Kier molecular flexibility index (Phi) is 3.05. The second-order valence-electron chi connectivity index (χ2n) is 3.91. The second-order valence-corrected chi connectivity index (χ2v) is 3.91. The molecule has 0 aromatic heterocycles. The van der Waals surface area contributed by atoms with Crippen molar-refractivity contribution in [2.45, 2.75) is 25.4 Å². The highest BCUT2D eigenvalue weighted by molar-refractivity contribution is 5.46. The zero-order valence-electron chi connectivity index (χ0n) is 9.10. The first kappa shape index (κ1) is 10.9. The highest BCUT2D eigenvalue weighted by Crippen LogP contribution is 2.26. The lowest BCUT2D eigenvalue weighted by Crippen LogP contribution is -2.16. The molecular formula is C11H14N2O3. The first-order chi connectivity index (χ1) is 7.70. The van der Waals surface area contributed by atoms with Crippen LogP contribution in [0.1, 0.15) is 18.4 Å². The van der Waals surface area contributed by atoms with Crippen molar-refractivity contribution in [3.63, 3.8) is 0 Å². The minimum absolute atomic E-state index is 0.118. The van der Waals surface area contributed by atoms with E-state index in [1.807, 2.05) is 0 Å². The molecule has 0 heterocycles. The Hall–Kier alpha value is -1.62. The number of hydrogen-bond acceptors (Lipinski definition) is 4. The predicted octanol–water partition coefficient (Wildman–Crippen LogP) is 1.86. The highest BCUT2D eigenvalue weighted by Gasteiger charge is 2.22. The van der Waals surface area contributed by atoms with Crippen LogP contribution in [0.4, 0.5) is 5.69 Å². The van der Waals surface area contributed by atoms with Crippen LogP contribution in [-0.4, -0.2) is 18.1 Å². The van der Waals surface area contributed by atoms with Crippen molar-refractivity contribution in [3.8, 4) is 5.75 Å². The summed E-state index contributed by atoms with van der Waals surface area (Å²) in [6, 6.07) is 5.49. The van der Waals surface area contributed by atoms with E-state index in [1.165, 1.54) is 26.0 Å². The molecule has 0 aliphatic heterocycles. The van der Waals surface area contributed by atoms with Crippen LogP contribution in [0.25, 0.3) is 0 Å². The van der Waals surface area contributed by atoms with Crippen molar-refractivity contribution in [3.05, 3.63) is 33.9 Å². The molecule has 1 aromatic carbocycles. The lowest BCUT2D eigenvalue weighted by Gasteiger charge is -2.06. The van der Waals surface area contributed by atoms with Crippen LogP contribution in [0.2, 0.25) is 0 Å². The third-order valence-electron chi connectivity index (χ3n) is 2.65. The van der Waals surface area contributed by atoms with E-state index >= 15 is 0 Å². The summed E-state index contributed by atoms with van der Waals surface area (Å²) in [6.45, 7) is 0.547. The van der Waals surface area contributed by atoms with Crippen molar-refractivity contribution in [1.29, 1.82) is 0 Å². The first-order valence-electron chi connectivity index (χ1n) is 5.25. The maximum atomic E-state index is 10.9. The number of methoxy groups -OCH3 is 1. The Morgan fingerprint density at radius 1 is 1.56 bits per heavy atom. The van der Waals surface area contributed by atoms with Gasteiger partial charge in [0, 0.05) is 18.2 Å². The molecule has 0 saturated heterocycles. The molecule has 1 saturated carbocycles. The predicted molar refractivity (Wildman–Crippen MR) is 59.5 cm³/mol. The number of ether oxygens (including phenoxy) is 1. The molecular weight excluding hydrogens is 208 g/mol. The van der Waals surface area contributed by atoms with Gasteiger partial charge in [-0.1, -0.05) is 0 Å². The van der Waals surface area contributed by atoms with Gasteiger partial charge in [0.05, 0.1) is 18.1 Å². The molecule has 2 rings (SSSR count). The summed E-state index contributed by atoms with van der Waals surface area (Å²) in [5, 5.41) is 14.1. The molecule has 5 heteroatoms. The lowest BCUT2D eigenvalue weighted by atomic mass is 10.1. The Balaban J connectivity index is 2.16. The van der Waals surface area contributed by atoms with Crippen LogP contribution in [0.3, 0.4) is 0 Å². The quantitative estimate of drug-likeness (QED) is 0.610. The van der Waals surface area contributed by atoms with Crippen LogP contribution in [-0.2, 0) is 6.54 Å². The van der Waals surface area contributed by atoms with Crippen LogP contribution < -0.4 is 10.1 Å². The summed E-state index contributed by atoms with van der Waals surface area (Å²) in [5.41, 5.74) is 0.824. The van der Waals surface area contributed by atoms with Crippen LogP contribution >= 0.6 is 0 Å². The summed E-state index contributed by atoms with van der Waals surface area (Å²) in [4.78, 5) is 10.5. The maximum Gasteiger partial charge on any atom is 0.277 e. The van der Waals surface area contributed by atoms with E-state index in [0.717, 1.165) is 0 Å². The highest BCUT2D eigenvalue weighted by atomic mass is 16.6. The summed E-state index contributed by atoms with van der Waals surface area (Å²) >= 11 is 0. The molecule has 0 bridgehead atoms. The lowest BCUT2D eigenvalue weighted by molar-refractivity contribution is -0.385. The van der Waals surface area contributed by atoms with Crippen molar-refractivity contribution in [2.24, 2.45) is 0 Å². The average Bonchev–Trinajstić information content (AvgIpc) is 3.09. The fourth-order valence-electron chi connectivity index (χ4n) is 1.53. The van der Waals surface area contributed by atoms with Gasteiger partial charge in [0.2, 0.25) is 0 Å². The molecule has 1 N–H and O–H groups in total. The molecule has 86 valence electrons. The normalized spacial score (nSPS) is 14.8. The van der Waals surface area contributed by atoms with E-state index in [4.69, 9.17) is 4.74 Å². The van der Waals surface area contributed by atoms with Gasteiger partial charge in [-0.05, 0) is 25.0 Å². The molecule has 0 amide bonds. The molecule has 0 atom stereocenters. The van der Waals surface area contributed by atoms with E-state index in [2.05, 4.69) is 5.32 Å². The van der Waals surface area contributed by atoms with Crippen LogP contribution in [0.15, 0.2) is 18.2 Å². The van der Waals surface area contributed by atoms with Crippen LogP contribution in [0.5, 0.6) is 5.75 Å². The molecule has 0 unspecified atom stereocenters. The summed E-state index contributed by atoms with van der Waals surface area (Å²) in [5.74, 6) is 0.516. The van der Waals surface area contributed by atoms with E-state index < -0.39 is 0 Å². The van der Waals surface area contributed by atoms with Gasteiger partial charge in [-0.15, -0.1) is 0 Å². The minimum Gasteiger partial charge on any atom is -0.497 e. The van der Waals surface area contributed by atoms with Gasteiger partial charge in [0.15, 0.2) is 0 Å². The standard InChI is InChI=1S/C11H14N2O3/c1-16-10-5-2-8(7-12-9-3-4-9)11(6-10)13(14)15/h2,5-6,9,12H,3-4,7H2,1H3. The third-order valence-corrected chi connectivity index (χ3v) is 2.65. The minimum atomic E-state index is -0.369. The van der Waals surface area contributed by atoms with Gasteiger partial charge in [-0.3, -0.25) is 10.1 Å². The number of hydrogen-bond donors (Lipinski definition) is 1. The monoisotopic (exact) mass is 222 g/mol. The largest absolute Gasteiger partial charge is 0.497 e. The van der Waals surface area contributed by atoms with Gasteiger partial charge in [-0.2, -0.15) is 0 Å². The summed E-state index contributed by atoms with van der Waals surface area (Å²) < 4.78 is 4.97. The molecule has 1 aliphatic carbocycles. The molecule has 5 nitrogen and oxygen atoms in total. The maximum absolute atomic E-state index is 10.9. The Bertz CT molecular complexity index is 402. The summed E-state index contributed by atoms with van der Waals surface area (Å²) in [6.07, 6.45) is 2.34. The number of benzene rings is 1. The number of nitro groups is 1. The fraction of sp³-hybridized carbons (Fsp3) is 0.455. The Morgan fingerprint density at radius 2 is 2.31 bits per heavy atom. The van der Waals surface area contributed by atoms with E-state index in [-0.39, 0.29) is 10.6 Å². The molecule has 1 aliphatic rings. The van der Waals surface area contributed by atoms with Gasteiger partial charge in [0.1, 0.15) is 5.75 Å². The van der Waals surface area contributed by atoms with E-state index in [1.54, 1.807) is 12.1 Å². The van der Waals surface area contributed by atoms with Crippen LogP contribution in [0, 0.1) is 10.1 Å². The van der Waals surface area contributed by atoms with Crippen molar-refractivity contribution in [1.82, 2.24) is 5.32 Å². The smallest absolute Gasteiger partial charge is 0.277 e.